The monoisotopic (exact) mass is 430 g/mol. The Bertz CT molecular complexity index is 912. The fourth-order valence-electron chi connectivity index (χ4n) is 2.59. The number of hydrogen-bond acceptors (Lipinski definition) is 2. The molecule has 0 bridgehead atoms. The van der Waals surface area contributed by atoms with Crippen LogP contribution in [0.25, 0.3) is 11.5 Å². The van der Waals surface area contributed by atoms with Crippen molar-refractivity contribution in [3.05, 3.63) is 131 Å². The fourth-order valence-corrected chi connectivity index (χ4v) is 2.59. The predicted octanol–water partition coefficient (Wildman–Crippen LogP) is 4.04. The Labute approximate surface area is 178 Å². The standard InChI is InChI=1S/2C12H9FO.Fe/c2*13-11-7-5-10(6-8-11)12(14)9-3-1-2-4-9;/h2*1-8,14H;/q;;+2/p-2. The van der Waals surface area contributed by atoms with Crippen molar-refractivity contribution < 1.29 is 36.1 Å². The van der Waals surface area contributed by atoms with Gasteiger partial charge in [-0.2, -0.15) is 0 Å². The summed E-state index contributed by atoms with van der Waals surface area (Å²) in [6, 6.07) is 11.1. The Hall–Kier alpha value is -3.14. The molecule has 0 N–H and O–H groups in total. The van der Waals surface area contributed by atoms with Gasteiger partial charge in [-0.05, 0) is 46.5 Å². The van der Waals surface area contributed by atoms with Gasteiger partial charge in [0.15, 0.2) is 0 Å². The Morgan fingerprint density at radius 2 is 0.793 bits per heavy atom. The van der Waals surface area contributed by atoms with Gasteiger partial charge in [-0.15, -0.1) is 0 Å². The van der Waals surface area contributed by atoms with Crippen molar-refractivity contribution in [2.45, 2.75) is 0 Å². The van der Waals surface area contributed by atoms with Crippen LogP contribution >= 0.6 is 0 Å². The molecule has 2 aromatic carbocycles. The summed E-state index contributed by atoms with van der Waals surface area (Å²) in [6.45, 7) is 0. The van der Waals surface area contributed by atoms with Gasteiger partial charge in [0.25, 0.3) is 0 Å². The summed E-state index contributed by atoms with van der Waals surface area (Å²) in [5.74, 6) is -0.807. The molecule has 5 heteroatoms. The largest absolute Gasteiger partial charge is 2.00 e. The van der Waals surface area contributed by atoms with Crippen molar-refractivity contribution in [1.82, 2.24) is 0 Å². The van der Waals surface area contributed by atoms with Gasteiger partial charge in [0.2, 0.25) is 0 Å². The third kappa shape index (κ3) is 5.92. The van der Waals surface area contributed by atoms with E-state index in [1.165, 1.54) is 48.5 Å². The third-order valence-electron chi connectivity index (χ3n) is 4.06. The minimum absolute atomic E-state index is 0. The number of hydrogen-bond donors (Lipinski definition) is 0. The SMILES string of the molecule is [Fe+2].[O-]C(=C1C=CC=C1)c1ccc(F)cc1.[O-]C(=C1C=CC=C1)c1ccc(F)cc1. The first-order chi connectivity index (χ1) is 13.5. The average Bonchev–Trinajstić information content (AvgIpc) is 3.43. The van der Waals surface area contributed by atoms with Crippen LogP contribution in [0.15, 0.2) is 108 Å². The molecule has 0 amide bonds. The molecule has 0 heterocycles. The van der Waals surface area contributed by atoms with Crippen molar-refractivity contribution in [3.8, 4) is 0 Å². The average molecular weight is 430 g/mol. The summed E-state index contributed by atoms with van der Waals surface area (Å²) in [5.41, 5.74) is 2.29. The number of rotatable bonds is 2. The smallest absolute Gasteiger partial charge is 0.872 e. The first-order valence-electron chi connectivity index (χ1n) is 8.58. The minimum Gasteiger partial charge on any atom is -0.872 e. The second-order valence-electron chi connectivity index (χ2n) is 6.02. The van der Waals surface area contributed by atoms with E-state index in [2.05, 4.69) is 0 Å². The minimum atomic E-state index is -0.330. The van der Waals surface area contributed by atoms with Gasteiger partial charge in [0.05, 0.1) is 0 Å². The summed E-state index contributed by atoms with van der Waals surface area (Å²) in [6.07, 6.45) is 14.2. The quantitative estimate of drug-likeness (QED) is 0.534. The molecule has 29 heavy (non-hydrogen) atoms. The zero-order chi connectivity index (χ0) is 19.9. The van der Waals surface area contributed by atoms with E-state index in [1.54, 1.807) is 48.6 Å². The molecule has 2 aromatic rings. The second-order valence-corrected chi connectivity index (χ2v) is 6.02. The van der Waals surface area contributed by atoms with Crippen molar-refractivity contribution >= 4 is 11.5 Å². The van der Waals surface area contributed by atoms with Crippen LogP contribution in [0.2, 0.25) is 0 Å². The van der Waals surface area contributed by atoms with E-state index < -0.39 is 0 Å². The van der Waals surface area contributed by atoms with Crippen LogP contribution in [-0.2, 0) is 17.1 Å². The molecule has 4 rings (SSSR count). The van der Waals surface area contributed by atoms with Crippen molar-refractivity contribution in [2.24, 2.45) is 0 Å². The topological polar surface area (TPSA) is 46.1 Å². The molecule has 0 saturated carbocycles. The molecule has 0 radical (unpaired) electrons. The zero-order valence-electron chi connectivity index (χ0n) is 15.2. The Morgan fingerprint density at radius 3 is 1.07 bits per heavy atom. The summed E-state index contributed by atoms with van der Waals surface area (Å²) >= 11 is 0. The van der Waals surface area contributed by atoms with Crippen LogP contribution in [0.4, 0.5) is 8.78 Å². The molecule has 2 aliphatic carbocycles. The van der Waals surface area contributed by atoms with Gasteiger partial charge in [-0.3, -0.25) is 0 Å². The number of allylic oxidation sites excluding steroid dienone is 10. The predicted molar refractivity (Wildman–Crippen MR) is 103 cm³/mol. The van der Waals surface area contributed by atoms with Gasteiger partial charge < -0.3 is 10.2 Å². The Balaban J connectivity index is 0.000000200. The van der Waals surface area contributed by atoms with Crippen LogP contribution in [0.5, 0.6) is 0 Å². The maximum absolute atomic E-state index is 12.6. The molecular formula is C24H16F2FeO2. The van der Waals surface area contributed by atoms with Gasteiger partial charge in [-0.25, -0.2) is 8.78 Å². The van der Waals surface area contributed by atoms with E-state index in [0.29, 0.717) is 22.3 Å². The molecule has 0 aliphatic heterocycles. The molecule has 0 aromatic heterocycles. The molecule has 0 saturated heterocycles. The van der Waals surface area contributed by atoms with E-state index in [1.807, 2.05) is 0 Å². The summed E-state index contributed by atoms with van der Waals surface area (Å²) in [5, 5.41) is 23.4. The molecular weight excluding hydrogens is 414 g/mol. The summed E-state index contributed by atoms with van der Waals surface area (Å²) in [7, 11) is 0. The molecule has 0 atom stereocenters. The van der Waals surface area contributed by atoms with Gasteiger partial charge >= 0.3 is 17.1 Å². The summed E-state index contributed by atoms with van der Waals surface area (Å²) < 4.78 is 25.2. The third-order valence-corrected chi connectivity index (χ3v) is 4.06. The molecule has 2 nitrogen and oxygen atoms in total. The van der Waals surface area contributed by atoms with E-state index in [4.69, 9.17) is 0 Å². The number of halogens is 2. The Morgan fingerprint density at radius 1 is 0.517 bits per heavy atom. The molecule has 0 spiro atoms. The molecule has 0 fully saturated rings. The van der Waals surface area contributed by atoms with Gasteiger partial charge in [0.1, 0.15) is 11.6 Å². The van der Waals surface area contributed by atoms with Gasteiger partial charge in [-0.1, -0.05) is 84.4 Å². The van der Waals surface area contributed by atoms with E-state index >= 15 is 0 Å². The van der Waals surface area contributed by atoms with E-state index in [-0.39, 0.29) is 40.2 Å². The van der Waals surface area contributed by atoms with Gasteiger partial charge in [0, 0.05) is 0 Å². The van der Waals surface area contributed by atoms with Crippen molar-refractivity contribution in [2.75, 3.05) is 0 Å². The molecule has 0 unspecified atom stereocenters. The van der Waals surface area contributed by atoms with Crippen LogP contribution in [0.1, 0.15) is 11.1 Å². The first-order valence-corrected chi connectivity index (χ1v) is 8.58. The maximum Gasteiger partial charge on any atom is 2.00 e. The van der Waals surface area contributed by atoms with E-state index in [0.717, 1.165) is 0 Å². The van der Waals surface area contributed by atoms with Crippen LogP contribution in [0, 0.1) is 11.6 Å². The van der Waals surface area contributed by atoms with Crippen LogP contribution in [0.3, 0.4) is 0 Å². The van der Waals surface area contributed by atoms with Crippen LogP contribution < -0.4 is 10.2 Å². The zero-order valence-corrected chi connectivity index (χ0v) is 16.3. The van der Waals surface area contributed by atoms with E-state index in [9.17, 15) is 19.0 Å². The molecule has 2 aliphatic rings. The summed E-state index contributed by atoms with van der Waals surface area (Å²) in [4.78, 5) is 0. The van der Waals surface area contributed by atoms with Crippen molar-refractivity contribution in [1.29, 1.82) is 0 Å². The van der Waals surface area contributed by atoms with Crippen LogP contribution in [-0.4, -0.2) is 0 Å². The first kappa shape index (κ1) is 22.2. The number of benzene rings is 2. The normalized spacial score (nSPS) is 13.2. The second kappa shape index (κ2) is 10.4. The Kier molecular flexibility index (Phi) is 7.96. The molecule has 146 valence electrons. The fraction of sp³-hybridized carbons (Fsp3) is 0. The van der Waals surface area contributed by atoms with Crippen molar-refractivity contribution in [3.63, 3.8) is 0 Å². The maximum atomic E-state index is 12.6.